The van der Waals surface area contributed by atoms with Crippen LogP contribution in [0.2, 0.25) is 0 Å². The topological polar surface area (TPSA) is 49.5 Å². The Bertz CT molecular complexity index is 373. The first-order chi connectivity index (χ1) is 8.99. The fourth-order valence-electron chi connectivity index (χ4n) is 2.15. The molecule has 3 N–H and O–H groups in total. The Morgan fingerprint density at radius 1 is 1.42 bits per heavy atom. The van der Waals surface area contributed by atoms with Crippen molar-refractivity contribution in [1.82, 2.24) is 4.90 Å². The molecule has 0 spiro atoms. The van der Waals surface area contributed by atoms with Crippen molar-refractivity contribution in [2.24, 2.45) is 5.73 Å². The van der Waals surface area contributed by atoms with Crippen LogP contribution in [0.25, 0.3) is 0 Å². The first kappa shape index (κ1) is 16.5. The Morgan fingerprint density at radius 2 is 2.11 bits per heavy atom. The maximum atomic E-state index is 12.7. The normalized spacial score (nSPS) is 15.2. The van der Waals surface area contributed by atoms with Crippen molar-refractivity contribution >= 4 is 11.3 Å². The first-order valence-corrected chi connectivity index (χ1v) is 7.26. The largest absolute Gasteiger partial charge is 0.395 e. The summed E-state index contributed by atoms with van der Waals surface area (Å²) in [6, 6.07) is 3.43. The second kappa shape index (κ2) is 7.89. The van der Waals surface area contributed by atoms with Crippen LogP contribution in [0, 0.1) is 6.92 Å². The van der Waals surface area contributed by atoms with Crippen LogP contribution < -0.4 is 5.73 Å². The number of alkyl halides is 2. The minimum atomic E-state index is -2.43. The summed E-state index contributed by atoms with van der Waals surface area (Å²) in [5.41, 5.74) is 6.10. The predicted molar refractivity (Wildman–Crippen MR) is 74.7 cm³/mol. The zero-order valence-electron chi connectivity index (χ0n) is 11.4. The van der Waals surface area contributed by atoms with Gasteiger partial charge in [-0.05, 0) is 25.5 Å². The van der Waals surface area contributed by atoms with E-state index in [1.165, 1.54) is 0 Å². The van der Waals surface area contributed by atoms with Gasteiger partial charge in [0, 0.05) is 22.3 Å². The van der Waals surface area contributed by atoms with E-state index in [2.05, 4.69) is 0 Å². The number of aliphatic hydroxyl groups is 1. The summed E-state index contributed by atoms with van der Waals surface area (Å²) in [6.45, 7) is 3.61. The number of aryl methyl sites for hydroxylation is 1. The molecule has 2 unspecified atom stereocenters. The molecule has 1 aromatic heterocycles. The van der Waals surface area contributed by atoms with Crippen LogP contribution in [0.4, 0.5) is 8.78 Å². The predicted octanol–water partition coefficient (Wildman–Crippen LogP) is 2.39. The zero-order valence-corrected chi connectivity index (χ0v) is 12.2. The Balaban J connectivity index is 2.98. The number of nitrogens with two attached hydrogens (primary N) is 1. The Morgan fingerprint density at radius 3 is 2.53 bits per heavy atom. The molecule has 3 nitrogen and oxygen atoms in total. The quantitative estimate of drug-likeness (QED) is 0.773. The summed E-state index contributed by atoms with van der Waals surface area (Å²) in [6.07, 6.45) is -1.73. The van der Waals surface area contributed by atoms with E-state index >= 15 is 0 Å². The van der Waals surface area contributed by atoms with Crippen LogP contribution in [0.3, 0.4) is 0 Å². The molecule has 0 fully saturated rings. The van der Waals surface area contributed by atoms with Crippen molar-refractivity contribution in [2.45, 2.75) is 38.8 Å². The van der Waals surface area contributed by atoms with Crippen LogP contribution in [-0.4, -0.2) is 42.2 Å². The number of thiophene rings is 1. The van der Waals surface area contributed by atoms with Gasteiger partial charge in [0.1, 0.15) is 0 Å². The highest BCUT2D eigenvalue weighted by atomic mass is 32.1. The molecule has 19 heavy (non-hydrogen) atoms. The molecule has 6 heteroatoms. The fraction of sp³-hybridized carbons (Fsp3) is 0.692. The summed E-state index contributed by atoms with van der Waals surface area (Å²) in [5.74, 6) is 0. The van der Waals surface area contributed by atoms with Crippen molar-refractivity contribution < 1.29 is 13.9 Å². The van der Waals surface area contributed by atoms with Gasteiger partial charge in [0.25, 0.3) is 6.43 Å². The van der Waals surface area contributed by atoms with E-state index in [9.17, 15) is 8.78 Å². The van der Waals surface area contributed by atoms with E-state index in [0.717, 1.165) is 9.75 Å². The zero-order chi connectivity index (χ0) is 14.4. The van der Waals surface area contributed by atoms with Crippen molar-refractivity contribution in [3.05, 3.63) is 21.9 Å². The molecule has 0 aliphatic rings. The van der Waals surface area contributed by atoms with Gasteiger partial charge in [0.05, 0.1) is 19.2 Å². The van der Waals surface area contributed by atoms with Crippen molar-refractivity contribution in [1.29, 1.82) is 0 Å². The van der Waals surface area contributed by atoms with E-state index in [1.807, 2.05) is 26.0 Å². The average molecular weight is 292 g/mol. The first-order valence-electron chi connectivity index (χ1n) is 6.44. The molecular weight excluding hydrogens is 270 g/mol. The number of aliphatic hydroxyl groups excluding tert-OH is 1. The maximum absolute atomic E-state index is 12.7. The van der Waals surface area contributed by atoms with Crippen LogP contribution in [-0.2, 0) is 0 Å². The third-order valence-corrected chi connectivity index (χ3v) is 4.15. The summed E-state index contributed by atoms with van der Waals surface area (Å²) >= 11 is 1.57. The minimum absolute atomic E-state index is 0.149. The van der Waals surface area contributed by atoms with Crippen LogP contribution in [0.5, 0.6) is 0 Å². The number of hydrogen-bond acceptors (Lipinski definition) is 4. The maximum Gasteiger partial charge on any atom is 0.251 e. The number of nitrogens with zero attached hydrogens (tertiary/aromatic N) is 1. The number of rotatable bonds is 8. The Labute approximate surface area is 117 Å². The van der Waals surface area contributed by atoms with Gasteiger partial charge in [0.15, 0.2) is 0 Å². The van der Waals surface area contributed by atoms with Crippen LogP contribution in [0.1, 0.15) is 29.1 Å². The van der Waals surface area contributed by atoms with E-state index in [0.29, 0.717) is 6.42 Å². The van der Waals surface area contributed by atoms with Gasteiger partial charge in [-0.2, -0.15) is 0 Å². The molecule has 0 bridgehead atoms. The van der Waals surface area contributed by atoms with E-state index in [-0.39, 0.29) is 31.8 Å². The third kappa shape index (κ3) is 4.80. The lowest BCUT2D eigenvalue weighted by atomic mass is 10.0. The molecule has 0 radical (unpaired) electrons. The van der Waals surface area contributed by atoms with Gasteiger partial charge >= 0.3 is 0 Å². The molecule has 110 valence electrons. The molecule has 0 saturated heterocycles. The fourth-order valence-corrected chi connectivity index (χ4v) is 3.24. The highest BCUT2D eigenvalue weighted by Crippen LogP contribution is 2.31. The van der Waals surface area contributed by atoms with Gasteiger partial charge < -0.3 is 10.8 Å². The molecule has 0 saturated carbocycles. The van der Waals surface area contributed by atoms with Crippen molar-refractivity contribution in [2.75, 3.05) is 19.7 Å². The molecule has 0 amide bonds. The molecule has 2 atom stereocenters. The van der Waals surface area contributed by atoms with Crippen molar-refractivity contribution in [3.8, 4) is 0 Å². The lowest BCUT2D eigenvalue weighted by Crippen LogP contribution is -2.43. The molecule has 0 aromatic carbocycles. The van der Waals surface area contributed by atoms with Gasteiger partial charge in [-0.3, -0.25) is 4.90 Å². The Kier molecular flexibility index (Phi) is 6.85. The summed E-state index contributed by atoms with van der Waals surface area (Å²) in [7, 11) is 0. The van der Waals surface area contributed by atoms with Gasteiger partial charge in [-0.15, -0.1) is 11.3 Å². The standard InChI is InChI=1S/C13H22F2N2OS/c1-3-10(16)13(11-5-4-9(2)19-11)17(6-7-18)8-12(14)15/h4-5,10,12-13,18H,3,6-8,16H2,1-2H3. The van der Waals surface area contributed by atoms with Gasteiger partial charge in [-0.1, -0.05) is 6.92 Å². The monoisotopic (exact) mass is 292 g/mol. The third-order valence-electron chi connectivity index (χ3n) is 3.08. The smallest absolute Gasteiger partial charge is 0.251 e. The Hall–Kier alpha value is -0.560. The average Bonchev–Trinajstić information content (AvgIpc) is 2.75. The summed E-state index contributed by atoms with van der Waals surface area (Å²) in [4.78, 5) is 3.70. The lowest BCUT2D eigenvalue weighted by Gasteiger charge is -2.34. The van der Waals surface area contributed by atoms with Crippen LogP contribution in [0.15, 0.2) is 12.1 Å². The molecule has 0 aliphatic carbocycles. The van der Waals surface area contributed by atoms with Crippen LogP contribution >= 0.6 is 11.3 Å². The van der Waals surface area contributed by atoms with E-state index < -0.39 is 6.43 Å². The molecule has 0 aliphatic heterocycles. The van der Waals surface area contributed by atoms with Gasteiger partial charge in [-0.25, -0.2) is 8.78 Å². The molecule has 1 aromatic rings. The molecular formula is C13H22F2N2OS. The minimum Gasteiger partial charge on any atom is -0.395 e. The molecule has 1 rings (SSSR count). The highest BCUT2D eigenvalue weighted by Gasteiger charge is 2.28. The highest BCUT2D eigenvalue weighted by molar-refractivity contribution is 7.12. The van der Waals surface area contributed by atoms with E-state index in [4.69, 9.17) is 10.8 Å². The van der Waals surface area contributed by atoms with E-state index in [1.54, 1.807) is 16.2 Å². The van der Waals surface area contributed by atoms with Crippen molar-refractivity contribution in [3.63, 3.8) is 0 Å². The summed E-state index contributed by atoms with van der Waals surface area (Å²) in [5, 5.41) is 9.08. The van der Waals surface area contributed by atoms with Gasteiger partial charge in [0.2, 0.25) is 0 Å². The second-order valence-electron chi connectivity index (χ2n) is 4.57. The number of halogens is 2. The number of hydrogen-bond donors (Lipinski definition) is 2. The molecule has 1 heterocycles. The SMILES string of the molecule is CCC(N)C(c1ccc(C)s1)N(CCO)CC(F)F. The lowest BCUT2D eigenvalue weighted by molar-refractivity contribution is 0.0476. The second-order valence-corrected chi connectivity index (χ2v) is 5.89. The summed E-state index contributed by atoms with van der Waals surface area (Å²) < 4.78 is 25.4.